The number of rotatable bonds is 8. The lowest BCUT2D eigenvalue weighted by Crippen LogP contribution is -2.39. The Hall–Kier alpha value is -7.04. The van der Waals surface area contributed by atoms with Crippen molar-refractivity contribution in [2.45, 2.75) is 31.2 Å². The van der Waals surface area contributed by atoms with Gasteiger partial charge in [-0.25, -0.2) is 4.99 Å². The monoisotopic (exact) mass is 746 g/mol. The lowest BCUT2D eigenvalue weighted by Gasteiger charge is -2.39. The minimum atomic E-state index is -0.0443. The van der Waals surface area contributed by atoms with Crippen molar-refractivity contribution in [2.75, 3.05) is 0 Å². The Kier molecular flexibility index (Phi) is 9.66. The number of nitrogens with zero attached hydrogens (tertiary/aromatic N) is 4. The maximum absolute atomic E-state index is 5.69. The van der Waals surface area contributed by atoms with Crippen LogP contribution in [0, 0.1) is 5.92 Å². The van der Waals surface area contributed by atoms with Crippen LogP contribution in [0.25, 0.3) is 44.5 Å². The van der Waals surface area contributed by atoms with E-state index < -0.39 is 0 Å². The van der Waals surface area contributed by atoms with E-state index in [4.69, 9.17) is 9.98 Å². The summed E-state index contributed by atoms with van der Waals surface area (Å²) in [5, 5.41) is 0. The Balaban J connectivity index is 1.12. The van der Waals surface area contributed by atoms with E-state index in [9.17, 15) is 0 Å². The SMILES string of the molecule is C1=C(C2=NC3C(CC(c4cccc(-c5ccccc5)c4)=CC3c3cccc(-c4ccccc4)c3)C(c3ccc(-c4cccnc4)cc3)=N2)CCC(c2cccnc2)=C1. The maximum Gasteiger partial charge on any atom is 0.151 e. The number of aromatic nitrogens is 2. The van der Waals surface area contributed by atoms with Gasteiger partial charge in [-0.05, 0) is 110 Å². The van der Waals surface area contributed by atoms with Crippen molar-refractivity contribution in [1.29, 1.82) is 0 Å². The summed E-state index contributed by atoms with van der Waals surface area (Å²) >= 11 is 0. The molecule has 3 heterocycles. The van der Waals surface area contributed by atoms with E-state index in [0.29, 0.717) is 0 Å². The Labute approximate surface area is 340 Å². The van der Waals surface area contributed by atoms with Crippen LogP contribution < -0.4 is 0 Å². The summed E-state index contributed by atoms with van der Waals surface area (Å²) in [5.41, 5.74) is 16.8. The second-order valence-electron chi connectivity index (χ2n) is 15.4. The topological polar surface area (TPSA) is 50.5 Å². The van der Waals surface area contributed by atoms with Crippen molar-refractivity contribution in [3.05, 3.63) is 229 Å². The maximum atomic E-state index is 5.69. The molecular formula is C54H42N4. The van der Waals surface area contributed by atoms with Gasteiger partial charge in [0.05, 0.1) is 11.8 Å². The van der Waals surface area contributed by atoms with Crippen molar-refractivity contribution in [1.82, 2.24) is 9.97 Å². The van der Waals surface area contributed by atoms with E-state index >= 15 is 0 Å². The summed E-state index contributed by atoms with van der Waals surface area (Å²) in [6.07, 6.45) is 17.1. The third-order valence-corrected chi connectivity index (χ3v) is 11.8. The zero-order valence-corrected chi connectivity index (χ0v) is 32.2. The molecule has 10 rings (SSSR count). The third kappa shape index (κ3) is 7.21. The average molecular weight is 747 g/mol. The molecule has 0 amide bonds. The molecule has 2 aromatic heterocycles. The molecule has 5 aromatic carbocycles. The number of hydrogen-bond donors (Lipinski definition) is 0. The predicted molar refractivity (Wildman–Crippen MR) is 240 cm³/mol. The number of aliphatic imine (C=N–C) groups is 2. The van der Waals surface area contributed by atoms with E-state index in [1.165, 1.54) is 55.7 Å². The first-order chi connectivity index (χ1) is 28.7. The lowest BCUT2D eigenvalue weighted by molar-refractivity contribution is 0.476. The second-order valence-corrected chi connectivity index (χ2v) is 15.4. The van der Waals surface area contributed by atoms with Gasteiger partial charge >= 0.3 is 0 Å². The number of pyridine rings is 2. The molecule has 0 radical (unpaired) electrons. The fourth-order valence-electron chi connectivity index (χ4n) is 8.80. The minimum Gasteiger partial charge on any atom is -0.264 e. The molecule has 4 nitrogen and oxygen atoms in total. The first-order valence-electron chi connectivity index (χ1n) is 20.2. The molecule has 3 atom stereocenters. The Morgan fingerprint density at radius 3 is 1.67 bits per heavy atom. The summed E-state index contributed by atoms with van der Waals surface area (Å²) < 4.78 is 0. The fourth-order valence-corrected chi connectivity index (χ4v) is 8.80. The van der Waals surface area contributed by atoms with Crippen LogP contribution in [0.4, 0.5) is 0 Å². The van der Waals surface area contributed by atoms with Crippen LogP contribution in [-0.2, 0) is 0 Å². The van der Waals surface area contributed by atoms with Gasteiger partial charge in [0.15, 0.2) is 5.84 Å². The van der Waals surface area contributed by atoms with Gasteiger partial charge in [0.1, 0.15) is 0 Å². The number of amidine groups is 1. The number of hydrogen-bond acceptors (Lipinski definition) is 4. The highest BCUT2D eigenvalue weighted by Gasteiger charge is 2.41. The van der Waals surface area contributed by atoms with E-state index in [1.807, 2.05) is 36.9 Å². The molecule has 58 heavy (non-hydrogen) atoms. The second kappa shape index (κ2) is 15.8. The predicted octanol–water partition coefficient (Wildman–Crippen LogP) is 12.7. The van der Waals surface area contributed by atoms with Crippen molar-refractivity contribution in [3.8, 4) is 33.4 Å². The van der Waals surface area contributed by atoms with Gasteiger partial charge < -0.3 is 0 Å². The van der Waals surface area contributed by atoms with Crippen molar-refractivity contribution in [2.24, 2.45) is 15.9 Å². The summed E-state index contributed by atoms with van der Waals surface area (Å²) in [7, 11) is 0. The van der Waals surface area contributed by atoms with Gasteiger partial charge in [-0.3, -0.25) is 15.0 Å². The molecule has 1 aliphatic heterocycles. The van der Waals surface area contributed by atoms with E-state index in [2.05, 4.69) is 174 Å². The largest absolute Gasteiger partial charge is 0.264 e. The van der Waals surface area contributed by atoms with Crippen LogP contribution in [0.5, 0.6) is 0 Å². The Morgan fingerprint density at radius 2 is 1.00 bits per heavy atom. The zero-order valence-electron chi connectivity index (χ0n) is 32.2. The van der Waals surface area contributed by atoms with Crippen molar-refractivity contribution < 1.29 is 0 Å². The highest BCUT2D eigenvalue weighted by atomic mass is 15.0. The summed E-state index contributed by atoms with van der Waals surface area (Å²) in [5.74, 6) is 0.935. The van der Waals surface area contributed by atoms with E-state index in [0.717, 1.165) is 47.5 Å². The lowest BCUT2D eigenvalue weighted by atomic mass is 9.70. The van der Waals surface area contributed by atoms with Gasteiger partial charge in [-0.1, -0.05) is 158 Å². The number of fused-ring (bicyclic) bond motifs is 1. The molecule has 4 heteroatoms. The smallest absolute Gasteiger partial charge is 0.151 e. The standard InChI is InChI=1S/C54H42N4/c1-3-11-37(12-4-1)43-15-7-17-45(31-43)49-33-50(46-18-8-16-44(32-46)38-13-5-2-6-14-38)53-51(34-49)52(41-25-21-39(22-26-41)47-19-9-29-55-35-47)57-54(58-53)42-27-23-40(24-28-42)48-20-10-30-56-36-48/h1-23,25-27,29-33,35-36,50-51,53H,24,28,34H2. The molecule has 2 aliphatic carbocycles. The van der Waals surface area contributed by atoms with Gasteiger partial charge in [0.25, 0.3) is 0 Å². The molecule has 0 saturated heterocycles. The molecule has 3 unspecified atom stereocenters. The van der Waals surface area contributed by atoms with E-state index in [1.54, 1.807) is 0 Å². The highest BCUT2D eigenvalue weighted by molar-refractivity contribution is 6.16. The fraction of sp³-hybridized carbons (Fsp3) is 0.111. The Bertz CT molecular complexity index is 2730. The van der Waals surface area contributed by atoms with Crippen molar-refractivity contribution in [3.63, 3.8) is 0 Å². The number of benzene rings is 5. The van der Waals surface area contributed by atoms with Crippen LogP contribution in [-0.4, -0.2) is 27.6 Å². The normalized spacial score (nSPS) is 18.8. The summed E-state index contributed by atoms with van der Waals surface area (Å²) in [4.78, 5) is 20.0. The summed E-state index contributed by atoms with van der Waals surface area (Å²) in [6.45, 7) is 0. The molecule has 0 bridgehead atoms. The summed E-state index contributed by atoms with van der Waals surface area (Å²) in [6, 6.07) is 56.6. The quantitative estimate of drug-likeness (QED) is 0.155. The highest BCUT2D eigenvalue weighted by Crippen LogP contribution is 2.46. The van der Waals surface area contributed by atoms with Gasteiger partial charge in [-0.2, -0.15) is 0 Å². The van der Waals surface area contributed by atoms with Crippen LogP contribution in [0.1, 0.15) is 47.4 Å². The molecule has 0 spiro atoms. The van der Waals surface area contributed by atoms with E-state index in [-0.39, 0.29) is 17.9 Å². The first kappa shape index (κ1) is 35.4. The average Bonchev–Trinajstić information content (AvgIpc) is 3.32. The molecule has 7 aromatic rings. The van der Waals surface area contributed by atoms with Crippen LogP contribution in [0.15, 0.2) is 216 Å². The molecule has 278 valence electrons. The van der Waals surface area contributed by atoms with Crippen molar-refractivity contribution >= 4 is 22.7 Å². The van der Waals surface area contributed by atoms with Gasteiger partial charge in [0, 0.05) is 36.6 Å². The molecule has 3 aliphatic rings. The number of allylic oxidation sites excluding steroid dienone is 4. The van der Waals surface area contributed by atoms with Crippen LogP contribution >= 0.6 is 0 Å². The van der Waals surface area contributed by atoms with Gasteiger partial charge in [0.2, 0.25) is 0 Å². The first-order valence-corrected chi connectivity index (χ1v) is 20.2. The molecule has 0 N–H and O–H groups in total. The minimum absolute atomic E-state index is 0.0265. The molecule has 0 saturated carbocycles. The third-order valence-electron chi connectivity index (χ3n) is 11.8. The van der Waals surface area contributed by atoms with Gasteiger partial charge in [-0.15, -0.1) is 0 Å². The molecule has 0 fully saturated rings. The van der Waals surface area contributed by atoms with Crippen LogP contribution in [0.3, 0.4) is 0 Å². The van der Waals surface area contributed by atoms with Crippen LogP contribution in [0.2, 0.25) is 0 Å². The zero-order chi connectivity index (χ0) is 38.7. The molecular weight excluding hydrogens is 705 g/mol. The Morgan fingerprint density at radius 1 is 0.431 bits per heavy atom.